The van der Waals surface area contributed by atoms with E-state index in [0.29, 0.717) is 13.0 Å². The number of esters is 1. The van der Waals surface area contributed by atoms with Gasteiger partial charge in [-0.3, -0.25) is 0 Å². The molecule has 0 heterocycles. The van der Waals surface area contributed by atoms with Crippen molar-refractivity contribution in [2.45, 2.75) is 13.3 Å². The lowest BCUT2D eigenvalue weighted by Crippen LogP contribution is -2.00. The average Bonchev–Trinajstić information content (AvgIpc) is 2.30. The van der Waals surface area contributed by atoms with Gasteiger partial charge in [-0.2, -0.15) is 0 Å². The fraction of sp³-hybridized carbons (Fsp3) is 0.214. The Labute approximate surface area is 96.2 Å². The standard InChI is InChI=1S/C14H16O2/c1-3-8-13(11-14(15)16-4-2)12-9-6-5-7-10-12/h3,5-7,9-11H,1,4,8H2,2H3/b13-11-. The predicted octanol–water partition coefficient (Wildman–Crippen LogP) is 3.21. The number of hydrogen-bond acceptors (Lipinski definition) is 2. The molecule has 0 atom stereocenters. The molecule has 1 aromatic carbocycles. The minimum Gasteiger partial charge on any atom is -0.463 e. The minimum atomic E-state index is -0.303. The molecule has 0 N–H and O–H groups in total. The Hall–Kier alpha value is -1.83. The van der Waals surface area contributed by atoms with Gasteiger partial charge in [-0.1, -0.05) is 36.4 Å². The van der Waals surface area contributed by atoms with Gasteiger partial charge < -0.3 is 4.74 Å². The summed E-state index contributed by atoms with van der Waals surface area (Å²) >= 11 is 0. The Balaban J connectivity index is 2.91. The third-order valence-corrected chi connectivity index (χ3v) is 2.09. The van der Waals surface area contributed by atoms with Crippen LogP contribution in [-0.4, -0.2) is 12.6 Å². The van der Waals surface area contributed by atoms with Crippen molar-refractivity contribution in [1.82, 2.24) is 0 Å². The second kappa shape index (κ2) is 6.62. The first-order valence-corrected chi connectivity index (χ1v) is 5.31. The van der Waals surface area contributed by atoms with E-state index in [1.54, 1.807) is 13.0 Å². The van der Waals surface area contributed by atoms with Gasteiger partial charge in [0.1, 0.15) is 0 Å². The second-order valence-electron chi connectivity index (χ2n) is 3.28. The van der Waals surface area contributed by atoms with Gasteiger partial charge in [-0.25, -0.2) is 4.79 Å². The van der Waals surface area contributed by atoms with Crippen LogP contribution >= 0.6 is 0 Å². The summed E-state index contributed by atoms with van der Waals surface area (Å²) in [5.41, 5.74) is 1.95. The van der Waals surface area contributed by atoms with Crippen molar-refractivity contribution in [2.24, 2.45) is 0 Å². The third kappa shape index (κ3) is 3.73. The van der Waals surface area contributed by atoms with E-state index in [9.17, 15) is 4.79 Å². The molecule has 0 amide bonds. The van der Waals surface area contributed by atoms with Crippen LogP contribution in [0.1, 0.15) is 18.9 Å². The first-order valence-electron chi connectivity index (χ1n) is 5.31. The Morgan fingerprint density at radius 1 is 1.38 bits per heavy atom. The van der Waals surface area contributed by atoms with Gasteiger partial charge in [-0.05, 0) is 24.5 Å². The molecule has 0 aliphatic carbocycles. The van der Waals surface area contributed by atoms with Crippen LogP contribution in [-0.2, 0) is 9.53 Å². The number of carbonyl (C=O) groups is 1. The van der Waals surface area contributed by atoms with Crippen LogP contribution in [0.3, 0.4) is 0 Å². The van der Waals surface area contributed by atoms with Crippen LogP contribution in [0.2, 0.25) is 0 Å². The molecular weight excluding hydrogens is 200 g/mol. The van der Waals surface area contributed by atoms with Crippen molar-refractivity contribution in [2.75, 3.05) is 6.61 Å². The van der Waals surface area contributed by atoms with Crippen molar-refractivity contribution >= 4 is 11.5 Å². The van der Waals surface area contributed by atoms with Gasteiger partial charge in [0.2, 0.25) is 0 Å². The number of carbonyl (C=O) groups excluding carboxylic acids is 1. The average molecular weight is 216 g/mol. The molecule has 1 aromatic rings. The fourth-order valence-electron chi connectivity index (χ4n) is 1.39. The van der Waals surface area contributed by atoms with E-state index in [0.717, 1.165) is 11.1 Å². The molecule has 16 heavy (non-hydrogen) atoms. The van der Waals surface area contributed by atoms with Gasteiger partial charge in [0.15, 0.2) is 0 Å². The minimum absolute atomic E-state index is 0.303. The number of ether oxygens (including phenoxy) is 1. The topological polar surface area (TPSA) is 26.3 Å². The molecule has 2 nitrogen and oxygen atoms in total. The highest BCUT2D eigenvalue weighted by Gasteiger charge is 2.03. The number of rotatable bonds is 5. The molecule has 0 unspecified atom stereocenters. The summed E-state index contributed by atoms with van der Waals surface area (Å²) in [6, 6.07) is 9.76. The van der Waals surface area contributed by atoms with Crippen LogP contribution in [0.4, 0.5) is 0 Å². The van der Waals surface area contributed by atoms with Crippen LogP contribution in [0.15, 0.2) is 49.1 Å². The highest BCUT2D eigenvalue weighted by atomic mass is 16.5. The summed E-state index contributed by atoms with van der Waals surface area (Å²) < 4.78 is 4.89. The molecule has 1 rings (SSSR count). The Morgan fingerprint density at radius 2 is 2.06 bits per heavy atom. The summed E-state index contributed by atoms with van der Waals surface area (Å²) in [7, 11) is 0. The molecule has 0 radical (unpaired) electrons. The molecular formula is C14H16O2. The van der Waals surface area contributed by atoms with Gasteiger partial charge in [0.05, 0.1) is 6.61 Å². The van der Waals surface area contributed by atoms with E-state index in [-0.39, 0.29) is 5.97 Å². The van der Waals surface area contributed by atoms with E-state index < -0.39 is 0 Å². The Kier molecular flexibility index (Phi) is 5.06. The summed E-state index contributed by atoms with van der Waals surface area (Å²) in [4.78, 5) is 11.4. The van der Waals surface area contributed by atoms with Crippen molar-refractivity contribution in [3.05, 3.63) is 54.6 Å². The van der Waals surface area contributed by atoms with Crippen molar-refractivity contribution in [3.63, 3.8) is 0 Å². The molecule has 84 valence electrons. The highest BCUT2D eigenvalue weighted by molar-refractivity contribution is 5.91. The molecule has 0 saturated carbocycles. The van der Waals surface area contributed by atoms with Gasteiger partial charge >= 0.3 is 5.97 Å². The van der Waals surface area contributed by atoms with E-state index >= 15 is 0 Å². The maximum atomic E-state index is 11.4. The van der Waals surface area contributed by atoms with Gasteiger partial charge in [0.25, 0.3) is 0 Å². The second-order valence-corrected chi connectivity index (χ2v) is 3.28. The molecule has 0 spiro atoms. The molecule has 0 saturated heterocycles. The van der Waals surface area contributed by atoms with E-state index in [2.05, 4.69) is 6.58 Å². The predicted molar refractivity (Wildman–Crippen MR) is 65.9 cm³/mol. The first kappa shape index (κ1) is 12.2. The maximum Gasteiger partial charge on any atom is 0.331 e. The Bertz CT molecular complexity index is 377. The zero-order chi connectivity index (χ0) is 11.8. The molecule has 0 aromatic heterocycles. The van der Waals surface area contributed by atoms with Crippen LogP contribution in [0.25, 0.3) is 5.57 Å². The molecule has 0 fully saturated rings. The van der Waals surface area contributed by atoms with Crippen LogP contribution in [0, 0.1) is 0 Å². The lowest BCUT2D eigenvalue weighted by molar-refractivity contribution is -0.137. The molecule has 0 aliphatic rings. The van der Waals surface area contributed by atoms with Gasteiger partial charge in [-0.15, -0.1) is 6.58 Å². The van der Waals surface area contributed by atoms with E-state index in [1.807, 2.05) is 30.3 Å². The molecule has 2 heteroatoms. The third-order valence-electron chi connectivity index (χ3n) is 2.09. The molecule has 0 bridgehead atoms. The Morgan fingerprint density at radius 3 is 2.62 bits per heavy atom. The van der Waals surface area contributed by atoms with Crippen molar-refractivity contribution in [3.8, 4) is 0 Å². The lowest BCUT2D eigenvalue weighted by Gasteiger charge is -2.05. The summed E-state index contributed by atoms with van der Waals surface area (Å²) in [5, 5.41) is 0. The van der Waals surface area contributed by atoms with Crippen LogP contribution < -0.4 is 0 Å². The fourth-order valence-corrected chi connectivity index (χ4v) is 1.39. The maximum absolute atomic E-state index is 11.4. The zero-order valence-corrected chi connectivity index (χ0v) is 9.48. The van der Waals surface area contributed by atoms with Crippen LogP contribution in [0.5, 0.6) is 0 Å². The summed E-state index contributed by atoms with van der Waals surface area (Å²) in [6.45, 7) is 5.87. The van der Waals surface area contributed by atoms with Crippen molar-refractivity contribution < 1.29 is 9.53 Å². The van der Waals surface area contributed by atoms with E-state index in [1.165, 1.54) is 6.08 Å². The first-order chi connectivity index (χ1) is 7.77. The van der Waals surface area contributed by atoms with Crippen molar-refractivity contribution in [1.29, 1.82) is 0 Å². The SMILES string of the molecule is C=CC/C(=C/C(=O)OCC)c1ccccc1. The summed E-state index contributed by atoms with van der Waals surface area (Å²) in [5.74, 6) is -0.303. The highest BCUT2D eigenvalue weighted by Crippen LogP contribution is 2.18. The number of hydrogen-bond donors (Lipinski definition) is 0. The molecule has 0 aliphatic heterocycles. The quantitative estimate of drug-likeness (QED) is 0.429. The smallest absolute Gasteiger partial charge is 0.331 e. The van der Waals surface area contributed by atoms with Gasteiger partial charge in [0, 0.05) is 6.08 Å². The zero-order valence-electron chi connectivity index (χ0n) is 9.48. The number of allylic oxidation sites excluding steroid dienone is 2. The monoisotopic (exact) mass is 216 g/mol. The summed E-state index contributed by atoms with van der Waals surface area (Å²) in [6.07, 6.45) is 3.96. The number of benzene rings is 1. The normalized spacial score (nSPS) is 10.9. The largest absolute Gasteiger partial charge is 0.463 e. The van der Waals surface area contributed by atoms with E-state index in [4.69, 9.17) is 4.74 Å². The lowest BCUT2D eigenvalue weighted by atomic mass is 10.0.